The van der Waals surface area contributed by atoms with Gasteiger partial charge in [0.1, 0.15) is 5.78 Å². The molecule has 3 heteroatoms. The number of carbonyl (C=O) groups excluding carboxylic acids is 1. The molecule has 0 saturated heterocycles. The van der Waals surface area contributed by atoms with Crippen LogP contribution in [0.25, 0.3) is 0 Å². The zero-order valence-corrected chi connectivity index (χ0v) is 7.79. The Morgan fingerprint density at radius 3 is 2.36 bits per heavy atom. The highest BCUT2D eigenvalue weighted by Gasteiger charge is 1.97. The van der Waals surface area contributed by atoms with Gasteiger partial charge in [-0.05, 0) is 26.2 Å². The Hall–Kier alpha value is -0.310. The first kappa shape index (κ1) is 10.7. The SMILES string of the molecule is CC(=N)CCCCC(=O)CS. The highest BCUT2D eigenvalue weighted by atomic mass is 32.1. The van der Waals surface area contributed by atoms with E-state index in [1.807, 2.05) is 0 Å². The molecule has 0 bridgehead atoms. The van der Waals surface area contributed by atoms with Gasteiger partial charge >= 0.3 is 0 Å². The fourth-order valence-electron chi connectivity index (χ4n) is 0.791. The highest BCUT2D eigenvalue weighted by Crippen LogP contribution is 2.01. The zero-order valence-electron chi connectivity index (χ0n) is 6.89. The number of thiol groups is 1. The minimum absolute atomic E-state index is 0.205. The van der Waals surface area contributed by atoms with Crippen molar-refractivity contribution in [2.24, 2.45) is 0 Å². The van der Waals surface area contributed by atoms with Crippen molar-refractivity contribution in [2.75, 3.05) is 5.75 Å². The molecular formula is C8H15NOS. The van der Waals surface area contributed by atoms with Crippen LogP contribution < -0.4 is 0 Å². The lowest BCUT2D eigenvalue weighted by atomic mass is 10.1. The Morgan fingerprint density at radius 2 is 1.91 bits per heavy atom. The molecule has 0 spiro atoms. The molecule has 1 N–H and O–H groups in total. The first-order chi connectivity index (χ1) is 5.16. The summed E-state index contributed by atoms with van der Waals surface area (Å²) in [6, 6.07) is 0. The first-order valence-corrected chi connectivity index (χ1v) is 4.46. The number of nitrogens with one attached hydrogen (secondary N) is 1. The normalized spacial score (nSPS) is 9.64. The van der Waals surface area contributed by atoms with Gasteiger partial charge in [-0.25, -0.2) is 0 Å². The lowest BCUT2D eigenvalue weighted by molar-refractivity contribution is -0.116. The quantitative estimate of drug-likeness (QED) is 0.360. The first-order valence-electron chi connectivity index (χ1n) is 3.83. The Labute approximate surface area is 73.3 Å². The van der Waals surface area contributed by atoms with Gasteiger partial charge in [0, 0.05) is 17.9 Å². The van der Waals surface area contributed by atoms with Crippen LogP contribution in [-0.2, 0) is 4.79 Å². The van der Waals surface area contributed by atoms with Gasteiger partial charge in [0.25, 0.3) is 0 Å². The molecule has 0 aliphatic rings. The fraction of sp³-hybridized carbons (Fsp3) is 0.750. The van der Waals surface area contributed by atoms with Gasteiger partial charge in [-0.1, -0.05) is 0 Å². The minimum atomic E-state index is 0.205. The van der Waals surface area contributed by atoms with Crippen molar-refractivity contribution in [3.05, 3.63) is 0 Å². The van der Waals surface area contributed by atoms with Gasteiger partial charge in [-0.15, -0.1) is 0 Å². The van der Waals surface area contributed by atoms with E-state index >= 15 is 0 Å². The van der Waals surface area contributed by atoms with Crippen LogP contribution in [0.3, 0.4) is 0 Å². The topological polar surface area (TPSA) is 40.9 Å². The average molecular weight is 173 g/mol. The summed E-state index contributed by atoms with van der Waals surface area (Å²) in [4.78, 5) is 10.7. The second kappa shape index (κ2) is 6.40. The van der Waals surface area contributed by atoms with E-state index in [1.54, 1.807) is 6.92 Å². The Kier molecular flexibility index (Phi) is 6.22. The van der Waals surface area contributed by atoms with Crippen LogP contribution in [0.2, 0.25) is 0 Å². The maximum atomic E-state index is 10.7. The predicted molar refractivity (Wildman–Crippen MR) is 50.7 cm³/mol. The second-order valence-electron chi connectivity index (χ2n) is 2.68. The highest BCUT2D eigenvalue weighted by molar-refractivity contribution is 7.81. The van der Waals surface area contributed by atoms with E-state index in [1.165, 1.54) is 0 Å². The predicted octanol–water partition coefficient (Wildman–Crippen LogP) is 2.09. The van der Waals surface area contributed by atoms with Crippen molar-refractivity contribution in [1.29, 1.82) is 5.41 Å². The molecule has 0 aliphatic carbocycles. The lowest BCUT2D eigenvalue weighted by Crippen LogP contribution is -1.99. The number of ketones is 1. The van der Waals surface area contributed by atoms with Crippen LogP contribution in [0.5, 0.6) is 0 Å². The molecule has 0 rings (SSSR count). The summed E-state index contributed by atoms with van der Waals surface area (Å²) >= 11 is 3.87. The molecule has 0 aromatic heterocycles. The van der Waals surface area contributed by atoms with Crippen LogP contribution in [0.15, 0.2) is 0 Å². The van der Waals surface area contributed by atoms with Crippen molar-refractivity contribution in [3.8, 4) is 0 Å². The van der Waals surface area contributed by atoms with Gasteiger partial charge in [-0.2, -0.15) is 12.6 Å². The Bertz CT molecular complexity index is 145. The van der Waals surface area contributed by atoms with E-state index in [-0.39, 0.29) is 5.78 Å². The maximum Gasteiger partial charge on any atom is 0.142 e. The molecule has 0 atom stereocenters. The van der Waals surface area contributed by atoms with Crippen molar-refractivity contribution in [2.45, 2.75) is 32.6 Å². The standard InChI is InChI=1S/C8H15NOS/c1-7(9)4-2-3-5-8(10)6-11/h9,11H,2-6H2,1H3. The van der Waals surface area contributed by atoms with Gasteiger partial charge in [0.2, 0.25) is 0 Å². The number of rotatable bonds is 6. The van der Waals surface area contributed by atoms with E-state index in [9.17, 15) is 4.79 Å². The molecule has 64 valence electrons. The Morgan fingerprint density at radius 1 is 1.36 bits per heavy atom. The summed E-state index contributed by atoms with van der Waals surface area (Å²) in [5.74, 6) is 0.555. The fourth-order valence-corrected chi connectivity index (χ4v) is 0.950. The van der Waals surface area contributed by atoms with Gasteiger partial charge in [-0.3, -0.25) is 4.79 Å². The molecule has 0 aliphatic heterocycles. The van der Waals surface area contributed by atoms with Crippen LogP contribution in [0.4, 0.5) is 0 Å². The summed E-state index contributed by atoms with van der Waals surface area (Å²) in [5, 5.41) is 7.12. The number of carbonyl (C=O) groups is 1. The van der Waals surface area contributed by atoms with E-state index in [0.717, 1.165) is 19.3 Å². The van der Waals surface area contributed by atoms with Gasteiger partial charge in [0.05, 0.1) is 0 Å². The Balaban J connectivity index is 3.14. The molecule has 0 unspecified atom stereocenters. The summed E-state index contributed by atoms with van der Waals surface area (Å²) in [6.07, 6.45) is 3.29. The lowest BCUT2D eigenvalue weighted by Gasteiger charge is -1.97. The van der Waals surface area contributed by atoms with Gasteiger partial charge in [0.15, 0.2) is 0 Å². The minimum Gasteiger partial charge on any atom is -0.310 e. The third kappa shape index (κ3) is 7.59. The van der Waals surface area contributed by atoms with E-state index in [0.29, 0.717) is 17.9 Å². The maximum absolute atomic E-state index is 10.7. The number of hydrogen-bond acceptors (Lipinski definition) is 3. The summed E-state index contributed by atoms with van der Waals surface area (Å²) in [7, 11) is 0. The largest absolute Gasteiger partial charge is 0.310 e. The van der Waals surface area contributed by atoms with Gasteiger partial charge < -0.3 is 5.41 Å². The molecule has 2 nitrogen and oxygen atoms in total. The van der Waals surface area contributed by atoms with Crippen LogP contribution in [0.1, 0.15) is 32.6 Å². The third-order valence-corrected chi connectivity index (χ3v) is 1.79. The summed E-state index contributed by atoms with van der Waals surface area (Å²) in [5.41, 5.74) is 0.698. The molecule has 0 aromatic carbocycles. The molecule has 0 radical (unpaired) electrons. The van der Waals surface area contributed by atoms with Crippen LogP contribution >= 0.6 is 12.6 Å². The number of hydrogen-bond donors (Lipinski definition) is 2. The molecule has 0 amide bonds. The summed E-state index contributed by atoms with van der Waals surface area (Å²) < 4.78 is 0. The van der Waals surface area contributed by atoms with Crippen molar-refractivity contribution >= 4 is 24.1 Å². The van der Waals surface area contributed by atoms with E-state index in [2.05, 4.69) is 12.6 Å². The third-order valence-electron chi connectivity index (χ3n) is 1.43. The monoisotopic (exact) mass is 173 g/mol. The number of unbranched alkanes of at least 4 members (excludes halogenated alkanes) is 1. The van der Waals surface area contributed by atoms with E-state index in [4.69, 9.17) is 5.41 Å². The molecule has 0 aromatic rings. The zero-order chi connectivity index (χ0) is 8.69. The molecular weight excluding hydrogens is 158 g/mol. The second-order valence-corrected chi connectivity index (χ2v) is 3.00. The number of Topliss-reactive ketones (excluding diaryl/α,β-unsaturated/α-hetero) is 1. The van der Waals surface area contributed by atoms with E-state index < -0.39 is 0 Å². The smallest absolute Gasteiger partial charge is 0.142 e. The molecule has 0 fully saturated rings. The molecule has 11 heavy (non-hydrogen) atoms. The molecule has 0 saturated carbocycles. The summed E-state index contributed by atoms with van der Waals surface area (Å²) in [6.45, 7) is 1.79. The van der Waals surface area contributed by atoms with Crippen molar-refractivity contribution in [1.82, 2.24) is 0 Å². The van der Waals surface area contributed by atoms with Crippen LogP contribution in [0, 0.1) is 5.41 Å². The van der Waals surface area contributed by atoms with Crippen LogP contribution in [-0.4, -0.2) is 17.2 Å². The van der Waals surface area contributed by atoms with Crippen molar-refractivity contribution in [3.63, 3.8) is 0 Å². The van der Waals surface area contributed by atoms with Crippen molar-refractivity contribution < 1.29 is 4.79 Å². The average Bonchev–Trinajstić information content (AvgIpc) is 1.97. The molecule has 0 heterocycles.